The molecule has 0 saturated carbocycles. The summed E-state index contributed by atoms with van der Waals surface area (Å²) in [5, 5.41) is 11.8. The second-order valence-corrected chi connectivity index (χ2v) is 4.74. The predicted octanol–water partition coefficient (Wildman–Crippen LogP) is 1.72. The summed E-state index contributed by atoms with van der Waals surface area (Å²) in [5.74, 6) is -1.30. The lowest BCUT2D eigenvalue weighted by Crippen LogP contribution is -2.44. The summed E-state index contributed by atoms with van der Waals surface area (Å²) in [6.07, 6.45) is 4.60. The number of carboxylic acids is 1. The molecule has 0 radical (unpaired) electrons. The normalized spacial score (nSPS) is 19.0. The van der Waals surface area contributed by atoms with Crippen molar-refractivity contribution in [2.45, 2.75) is 19.8 Å². The highest BCUT2D eigenvalue weighted by molar-refractivity contribution is 5.90. The molecule has 2 N–H and O–H groups in total. The number of aryl methyl sites for hydroxylation is 1. The molecule has 0 aliphatic carbocycles. The molecule has 6 nitrogen and oxygen atoms in total. The number of nitrogens with zero attached hydrogens (tertiary/aromatic N) is 2. The van der Waals surface area contributed by atoms with Gasteiger partial charge in [-0.25, -0.2) is 4.79 Å². The molecule has 1 aromatic rings. The number of carbonyl (C=O) groups is 2. The zero-order valence-electron chi connectivity index (χ0n) is 10.8. The lowest BCUT2D eigenvalue weighted by Gasteiger charge is -2.30. The number of likely N-dealkylation sites (tertiary alicyclic amines) is 1. The molecule has 1 atom stereocenters. The molecule has 0 spiro atoms. The lowest BCUT2D eigenvalue weighted by molar-refractivity contribution is -0.143. The van der Waals surface area contributed by atoms with E-state index in [2.05, 4.69) is 10.3 Å². The van der Waals surface area contributed by atoms with Crippen molar-refractivity contribution in [3.63, 3.8) is 0 Å². The van der Waals surface area contributed by atoms with E-state index in [1.54, 1.807) is 17.3 Å². The van der Waals surface area contributed by atoms with Crippen molar-refractivity contribution >= 4 is 17.7 Å². The van der Waals surface area contributed by atoms with Crippen LogP contribution in [0.3, 0.4) is 0 Å². The van der Waals surface area contributed by atoms with Crippen LogP contribution in [0.2, 0.25) is 0 Å². The first-order chi connectivity index (χ1) is 9.08. The fourth-order valence-electron chi connectivity index (χ4n) is 2.15. The van der Waals surface area contributed by atoms with E-state index in [-0.39, 0.29) is 12.6 Å². The number of carboxylic acid groups (broad SMARTS) is 1. The molecule has 1 unspecified atom stereocenters. The average molecular weight is 263 g/mol. The van der Waals surface area contributed by atoms with Gasteiger partial charge in [0.15, 0.2) is 0 Å². The average Bonchev–Trinajstić information content (AvgIpc) is 2.41. The van der Waals surface area contributed by atoms with Gasteiger partial charge in [0.2, 0.25) is 0 Å². The molecule has 0 bridgehead atoms. The van der Waals surface area contributed by atoms with Crippen LogP contribution in [0.5, 0.6) is 0 Å². The van der Waals surface area contributed by atoms with E-state index in [9.17, 15) is 9.59 Å². The Kier molecular flexibility index (Phi) is 3.99. The van der Waals surface area contributed by atoms with E-state index in [0.717, 1.165) is 12.0 Å². The Morgan fingerprint density at radius 1 is 1.53 bits per heavy atom. The summed E-state index contributed by atoms with van der Waals surface area (Å²) >= 11 is 0. The zero-order valence-corrected chi connectivity index (χ0v) is 10.8. The molecule has 102 valence electrons. The Bertz CT molecular complexity index is 490. The van der Waals surface area contributed by atoms with Crippen LogP contribution in [-0.4, -0.2) is 40.1 Å². The molecule has 1 aromatic heterocycles. The number of aliphatic carboxylic acids is 1. The van der Waals surface area contributed by atoms with Gasteiger partial charge in [-0.1, -0.05) is 0 Å². The highest BCUT2D eigenvalue weighted by Gasteiger charge is 2.28. The number of pyridine rings is 1. The van der Waals surface area contributed by atoms with E-state index in [0.29, 0.717) is 18.7 Å². The van der Waals surface area contributed by atoms with Crippen LogP contribution >= 0.6 is 0 Å². The second-order valence-electron chi connectivity index (χ2n) is 4.74. The lowest BCUT2D eigenvalue weighted by atomic mass is 9.99. The van der Waals surface area contributed by atoms with Gasteiger partial charge in [-0.2, -0.15) is 0 Å². The van der Waals surface area contributed by atoms with Gasteiger partial charge in [0.25, 0.3) is 0 Å². The second kappa shape index (κ2) is 5.69. The molecule has 6 heteroatoms. The Labute approximate surface area is 111 Å². The summed E-state index contributed by atoms with van der Waals surface area (Å²) in [6, 6.07) is 1.55. The highest BCUT2D eigenvalue weighted by Crippen LogP contribution is 2.18. The van der Waals surface area contributed by atoms with E-state index in [1.807, 2.05) is 13.0 Å². The Balaban J connectivity index is 2.00. The van der Waals surface area contributed by atoms with Gasteiger partial charge >= 0.3 is 12.0 Å². The van der Waals surface area contributed by atoms with Gasteiger partial charge in [-0.05, 0) is 31.4 Å². The van der Waals surface area contributed by atoms with E-state index in [1.165, 1.54) is 0 Å². The maximum absolute atomic E-state index is 12.1. The third kappa shape index (κ3) is 3.21. The topological polar surface area (TPSA) is 82.5 Å². The molecule has 1 fully saturated rings. The van der Waals surface area contributed by atoms with Gasteiger partial charge in [0, 0.05) is 19.3 Å². The fraction of sp³-hybridized carbons (Fsp3) is 0.462. The minimum atomic E-state index is -0.838. The molecule has 2 rings (SSSR count). The van der Waals surface area contributed by atoms with Crippen LogP contribution in [0.15, 0.2) is 18.5 Å². The summed E-state index contributed by atoms with van der Waals surface area (Å²) in [6.45, 7) is 2.74. The maximum atomic E-state index is 12.1. The number of amides is 2. The summed E-state index contributed by atoms with van der Waals surface area (Å²) in [5.41, 5.74) is 1.58. The quantitative estimate of drug-likeness (QED) is 0.851. The number of hydrogen-bond acceptors (Lipinski definition) is 3. The van der Waals surface area contributed by atoms with Gasteiger partial charge in [-0.3, -0.25) is 9.78 Å². The highest BCUT2D eigenvalue weighted by atomic mass is 16.4. The first-order valence-electron chi connectivity index (χ1n) is 6.27. The number of nitrogens with one attached hydrogen (secondary N) is 1. The van der Waals surface area contributed by atoms with Crippen molar-refractivity contribution in [2.75, 3.05) is 18.4 Å². The minimum absolute atomic E-state index is 0.262. The molecule has 1 aliphatic rings. The van der Waals surface area contributed by atoms with Gasteiger partial charge in [0.05, 0.1) is 17.8 Å². The first kappa shape index (κ1) is 13.3. The monoisotopic (exact) mass is 263 g/mol. The Morgan fingerprint density at radius 3 is 3.00 bits per heavy atom. The van der Waals surface area contributed by atoms with Gasteiger partial charge in [-0.15, -0.1) is 0 Å². The van der Waals surface area contributed by atoms with E-state index < -0.39 is 11.9 Å². The van der Waals surface area contributed by atoms with Crippen LogP contribution in [0.1, 0.15) is 18.4 Å². The minimum Gasteiger partial charge on any atom is -0.481 e. The number of carbonyl (C=O) groups excluding carboxylic acids is 1. The van der Waals surface area contributed by atoms with Crippen LogP contribution in [0.25, 0.3) is 0 Å². The number of urea groups is 1. The zero-order chi connectivity index (χ0) is 13.8. The largest absolute Gasteiger partial charge is 0.481 e. The van der Waals surface area contributed by atoms with Crippen molar-refractivity contribution in [2.24, 2.45) is 5.92 Å². The molecule has 19 heavy (non-hydrogen) atoms. The van der Waals surface area contributed by atoms with Gasteiger partial charge < -0.3 is 15.3 Å². The third-order valence-electron chi connectivity index (χ3n) is 3.34. The SMILES string of the molecule is Cc1ccncc1NC(=O)N1CCCC(C(=O)O)C1. The molecular formula is C13H17N3O3. The van der Waals surface area contributed by atoms with Crippen molar-refractivity contribution < 1.29 is 14.7 Å². The number of hydrogen-bond donors (Lipinski definition) is 2. The number of aromatic nitrogens is 1. The third-order valence-corrected chi connectivity index (χ3v) is 3.34. The van der Waals surface area contributed by atoms with Crippen LogP contribution in [-0.2, 0) is 4.79 Å². The standard InChI is InChI=1S/C13H17N3O3/c1-9-4-5-14-7-11(9)15-13(19)16-6-2-3-10(8-16)12(17)18/h4-5,7,10H,2-3,6,8H2,1H3,(H,15,19)(H,17,18). The number of anilines is 1. The van der Waals surface area contributed by atoms with E-state index in [4.69, 9.17) is 5.11 Å². The van der Waals surface area contributed by atoms with Crippen LogP contribution < -0.4 is 5.32 Å². The van der Waals surface area contributed by atoms with Crippen LogP contribution in [0, 0.1) is 12.8 Å². The summed E-state index contributed by atoms with van der Waals surface area (Å²) < 4.78 is 0. The molecule has 0 aromatic carbocycles. The van der Waals surface area contributed by atoms with Crippen molar-refractivity contribution in [3.05, 3.63) is 24.0 Å². The Morgan fingerprint density at radius 2 is 2.32 bits per heavy atom. The van der Waals surface area contributed by atoms with E-state index >= 15 is 0 Å². The number of rotatable bonds is 2. The van der Waals surface area contributed by atoms with Crippen molar-refractivity contribution in [1.82, 2.24) is 9.88 Å². The molecular weight excluding hydrogens is 246 g/mol. The molecule has 1 aliphatic heterocycles. The van der Waals surface area contributed by atoms with Crippen molar-refractivity contribution in [1.29, 1.82) is 0 Å². The smallest absolute Gasteiger partial charge is 0.321 e. The maximum Gasteiger partial charge on any atom is 0.321 e. The summed E-state index contributed by atoms with van der Waals surface area (Å²) in [7, 11) is 0. The molecule has 2 amide bonds. The molecule has 2 heterocycles. The predicted molar refractivity (Wildman–Crippen MR) is 69.9 cm³/mol. The summed E-state index contributed by atoms with van der Waals surface area (Å²) in [4.78, 5) is 28.6. The number of piperidine rings is 1. The van der Waals surface area contributed by atoms with Crippen LogP contribution in [0.4, 0.5) is 10.5 Å². The van der Waals surface area contributed by atoms with Gasteiger partial charge in [0.1, 0.15) is 0 Å². The van der Waals surface area contributed by atoms with Crippen molar-refractivity contribution in [3.8, 4) is 0 Å². The molecule has 1 saturated heterocycles. The fourth-order valence-corrected chi connectivity index (χ4v) is 2.15. The first-order valence-corrected chi connectivity index (χ1v) is 6.27. The Hall–Kier alpha value is -2.11.